The van der Waals surface area contributed by atoms with Gasteiger partial charge in [0.25, 0.3) is 0 Å². The first-order valence-corrected chi connectivity index (χ1v) is 7.78. The molecule has 0 amide bonds. The van der Waals surface area contributed by atoms with Crippen molar-refractivity contribution in [3.8, 4) is 0 Å². The average Bonchev–Trinajstić information content (AvgIpc) is 3.17. The lowest BCUT2D eigenvalue weighted by Gasteiger charge is -2.35. The van der Waals surface area contributed by atoms with Gasteiger partial charge in [0.2, 0.25) is 0 Å². The second kappa shape index (κ2) is 4.21. The minimum Gasteiger partial charge on any atom is -0.369 e. The van der Waals surface area contributed by atoms with Gasteiger partial charge >= 0.3 is 0 Å². The highest BCUT2D eigenvalue weighted by Crippen LogP contribution is 2.59. The maximum absolute atomic E-state index is 6.13. The van der Waals surface area contributed by atoms with Crippen LogP contribution in [0.3, 0.4) is 0 Å². The highest BCUT2D eigenvalue weighted by Gasteiger charge is 2.68. The van der Waals surface area contributed by atoms with Crippen LogP contribution in [-0.2, 0) is 9.47 Å². The maximum Gasteiger partial charge on any atom is 0.0976 e. The van der Waals surface area contributed by atoms with E-state index < -0.39 is 0 Å². The molecule has 1 aliphatic carbocycles. The molecule has 3 fully saturated rings. The van der Waals surface area contributed by atoms with Crippen LogP contribution in [0.25, 0.3) is 0 Å². The summed E-state index contributed by atoms with van der Waals surface area (Å²) in [6.07, 6.45) is 6.93. The Morgan fingerprint density at radius 2 is 2.00 bits per heavy atom. The van der Waals surface area contributed by atoms with Gasteiger partial charge in [-0.25, -0.2) is 0 Å². The van der Waals surface area contributed by atoms with Crippen LogP contribution in [0.1, 0.15) is 59.8 Å². The number of epoxide rings is 2. The second-order valence-electron chi connectivity index (χ2n) is 7.55. The van der Waals surface area contributed by atoms with Gasteiger partial charge in [-0.2, -0.15) is 0 Å². The topological polar surface area (TPSA) is 25.1 Å². The van der Waals surface area contributed by atoms with Gasteiger partial charge in [-0.15, -0.1) is 0 Å². The molecule has 104 valence electrons. The molecule has 4 unspecified atom stereocenters. The summed E-state index contributed by atoms with van der Waals surface area (Å²) in [5.41, 5.74) is 0.338. The van der Waals surface area contributed by atoms with E-state index in [0.717, 1.165) is 18.4 Å². The Hall–Kier alpha value is -0.0800. The van der Waals surface area contributed by atoms with Crippen molar-refractivity contribution in [1.29, 1.82) is 0 Å². The van der Waals surface area contributed by atoms with Crippen LogP contribution in [0.4, 0.5) is 0 Å². The van der Waals surface area contributed by atoms with Crippen molar-refractivity contribution in [3.63, 3.8) is 0 Å². The van der Waals surface area contributed by atoms with E-state index in [1.165, 1.54) is 32.1 Å². The third kappa shape index (κ3) is 2.12. The van der Waals surface area contributed by atoms with E-state index >= 15 is 0 Å². The predicted molar refractivity (Wildman–Crippen MR) is 72.5 cm³/mol. The second-order valence-corrected chi connectivity index (χ2v) is 7.55. The molecule has 2 heteroatoms. The van der Waals surface area contributed by atoms with E-state index in [9.17, 15) is 0 Å². The van der Waals surface area contributed by atoms with E-state index in [1.807, 2.05) is 0 Å². The Morgan fingerprint density at radius 1 is 1.28 bits per heavy atom. The van der Waals surface area contributed by atoms with Crippen molar-refractivity contribution in [1.82, 2.24) is 0 Å². The highest BCUT2D eigenvalue weighted by atomic mass is 16.6. The molecule has 0 radical (unpaired) electrons. The minimum absolute atomic E-state index is 0.130. The molecule has 1 spiro atoms. The van der Waals surface area contributed by atoms with E-state index in [0.29, 0.717) is 12.0 Å². The first-order chi connectivity index (χ1) is 8.46. The summed E-state index contributed by atoms with van der Waals surface area (Å²) in [7, 11) is 0. The van der Waals surface area contributed by atoms with Crippen LogP contribution in [0.15, 0.2) is 0 Å². The molecular weight excluding hydrogens is 224 g/mol. The molecule has 18 heavy (non-hydrogen) atoms. The third-order valence-corrected chi connectivity index (χ3v) is 5.47. The molecule has 1 saturated carbocycles. The Bertz CT molecular complexity index is 321. The van der Waals surface area contributed by atoms with Crippen molar-refractivity contribution in [2.75, 3.05) is 6.61 Å². The summed E-state index contributed by atoms with van der Waals surface area (Å²) in [5.74, 6) is 2.27. The fraction of sp³-hybridized carbons (Fsp3) is 1.00. The number of hydrogen-bond acceptors (Lipinski definition) is 2. The van der Waals surface area contributed by atoms with E-state index in [4.69, 9.17) is 9.47 Å². The molecule has 2 nitrogen and oxygen atoms in total. The van der Waals surface area contributed by atoms with E-state index in [1.54, 1.807) is 0 Å². The van der Waals surface area contributed by atoms with Crippen LogP contribution in [0.5, 0.6) is 0 Å². The Kier molecular flexibility index (Phi) is 3.02. The van der Waals surface area contributed by atoms with Gasteiger partial charge in [0.1, 0.15) is 0 Å². The lowest BCUT2D eigenvalue weighted by molar-refractivity contribution is 0.0681. The molecule has 0 aromatic heterocycles. The van der Waals surface area contributed by atoms with Crippen molar-refractivity contribution in [3.05, 3.63) is 0 Å². The molecular formula is C16H28O2. The Morgan fingerprint density at radius 3 is 2.61 bits per heavy atom. The highest BCUT2D eigenvalue weighted by molar-refractivity contribution is 5.15. The summed E-state index contributed by atoms with van der Waals surface area (Å²) in [4.78, 5) is 0. The van der Waals surface area contributed by atoms with Gasteiger partial charge in [-0.1, -0.05) is 27.2 Å². The molecule has 2 saturated heterocycles. The summed E-state index contributed by atoms with van der Waals surface area (Å²) in [5, 5.41) is 0. The largest absolute Gasteiger partial charge is 0.369 e. The summed E-state index contributed by atoms with van der Waals surface area (Å²) >= 11 is 0. The van der Waals surface area contributed by atoms with Crippen LogP contribution in [0, 0.1) is 17.8 Å². The number of hydrogen-bond donors (Lipinski definition) is 0. The molecule has 2 aliphatic heterocycles. The molecule has 0 bridgehead atoms. The van der Waals surface area contributed by atoms with Crippen LogP contribution in [0.2, 0.25) is 0 Å². The monoisotopic (exact) mass is 252 g/mol. The summed E-state index contributed by atoms with van der Waals surface area (Å²) in [6.45, 7) is 10.3. The smallest absolute Gasteiger partial charge is 0.0976 e. The van der Waals surface area contributed by atoms with E-state index in [2.05, 4.69) is 27.7 Å². The lowest BCUT2D eigenvalue weighted by atomic mass is 9.68. The summed E-state index contributed by atoms with van der Waals surface area (Å²) < 4.78 is 12.0. The van der Waals surface area contributed by atoms with Crippen LogP contribution >= 0.6 is 0 Å². The zero-order chi connectivity index (χ0) is 13.0. The first kappa shape index (κ1) is 12.9. The molecule has 0 aromatic rings. The quantitative estimate of drug-likeness (QED) is 0.711. The maximum atomic E-state index is 6.13. The normalized spacial score (nSPS) is 50.8. The van der Waals surface area contributed by atoms with Gasteiger partial charge in [-0.05, 0) is 44.4 Å². The summed E-state index contributed by atoms with van der Waals surface area (Å²) in [6, 6.07) is 0. The average molecular weight is 252 g/mol. The van der Waals surface area contributed by atoms with Crippen LogP contribution < -0.4 is 0 Å². The van der Waals surface area contributed by atoms with Crippen molar-refractivity contribution < 1.29 is 9.47 Å². The standard InChI is InChI=1S/C16H28O2/c1-11(2)5-8-14-15(4,18-14)13-7-6-12(3)9-16(13)10-17-16/h11-14H,5-10H2,1-4H3/t12-,13?,14?,15?,16?/m0/s1. The van der Waals surface area contributed by atoms with Gasteiger partial charge in [-0.3, -0.25) is 0 Å². The zero-order valence-electron chi connectivity index (χ0n) is 12.4. The van der Waals surface area contributed by atoms with Gasteiger partial charge in [0, 0.05) is 5.92 Å². The fourth-order valence-corrected chi connectivity index (χ4v) is 4.18. The molecule has 3 rings (SSSR count). The van der Waals surface area contributed by atoms with Gasteiger partial charge < -0.3 is 9.47 Å². The van der Waals surface area contributed by atoms with E-state index in [-0.39, 0.29) is 11.2 Å². The van der Waals surface area contributed by atoms with Crippen molar-refractivity contribution in [2.24, 2.45) is 17.8 Å². The zero-order valence-corrected chi connectivity index (χ0v) is 12.4. The Balaban J connectivity index is 1.62. The molecule has 0 aromatic carbocycles. The molecule has 0 N–H and O–H groups in total. The van der Waals surface area contributed by atoms with Crippen molar-refractivity contribution >= 4 is 0 Å². The molecule has 3 aliphatic rings. The van der Waals surface area contributed by atoms with Gasteiger partial charge in [0.05, 0.1) is 23.9 Å². The SMILES string of the molecule is CC(C)CCC1OC1(C)C1CC[C@H](C)CC12CO2. The molecule has 2 heterocycles. The minimum atomic E-state index is 0.130. The first-order valence-electron chi connectivity index (χ1n) is 7.78. The Labute approximate surface area is 111 Å². The fourth-order valence-electron chi connectivity index (χ4n) is 4.18. The number of ether oxygens (including phenoxy) is 2. The third-order valence-electron chi connectivity index (χ3n) is 5.47. The predicted octanol–water partition coefficient (Wildman–Crippen LogP) is 3.79. The molecule has 5 atom stereocenters. The van der Waals surface area contributed by atoms with Gasteiger partial charge in [0.15, 0.2) is 0 Å². The van der Waals surface area contributed by atoms with Crippen molar-refractivity contribution in [2.45, 2.75) is 77.1 Å². The van der Waals surface area contributed by atoms with Crippen LogP contribution in [-0.4, -0.2) is 23.9 Å². The number of rotatable bonds is 4. The lowest BCUT2D eigenvalue weighted by Crippen LogP contribution is -2.41.